The summed E-state index contributed by atoms with van der Waals surface area (Å²) in [5.41, 5.74) is 2.29. The Morgan fingerprint density at radius 3 is 2.00 bits per heavy atom. The van der Waals surface area contributed by atoms with Gasteiger partial charge in [0, 0.05) is 23.7 Å². The van der Waals surface area contributed by atoms with Gasteiger partial charge in [-0.15, -0.1) is 0 Å². The zero-order chi connectivity index (χ0) is 21.5. The van der Waals surface area contributed by atoms with Gasteiger partial charge in [0.05, 0.1) is 14.9 Å². The first-order chi connectivity index (χ1) is 14.3. The van der Waals surface area contributed by atoms with E-state index in [1.54, 1.807) is 36.4 Å². The van der Waals surface area contributed by atoms with E-state index < -0.39 is 15.1 Å². The number of hydrogen-bond donors (Lipinski definition) is 0. The summed E-state index contributed by atoms with van der Waals surface area (Å²) < 4.78 is 25.4. The summed E-state index contributed by atoms with van der Waals surface area (Å²) in [6.07, 6.45) is 0. The molecule has 4 nitrogen and oxygen atoms in total. The second-order valence-corrected chi connectivity index (χ2v) is 10.5. The summed E-state index contributed by atoms with van der Waals surface area (Å²) in [4.78, 5) is 14.5. The molecule has 30 heavy (non-hydrogen) atoms. The van der Waals surface area contributed by atoms with Gasteiger partial charge in [0.2, 0.25) is 0 Å². The van der Waals surface area contributed by atoms with Crippen molar-refractivity contribution in [2.45, 2.75) is 10.1 Å². The Morgan fingerprint density at radius 1 is 0.800 bits per heavy atom. The van der Waals surface area contributed by atoms with E-state index in [4.69, 9.17) is 34.8 Å². The molecule has 1 amide bonds. The van der Waals surface area contributed by atoms with E-state index in [-0.39, 0.29) is 23.9 Å². The maximum atomic E-state index is 12.7. The second kappa shape index (κ2) is 8.23. The minimum absolute atomic E-state index is 0.165. The first kappa shape index (κ1) is 21.2. The molecule has 3 aromatic rings. The summed E-state index contributed by atoms with van der Waals surface area (Å²) in [6, 6.07) is 18.5. The fourth-order valence-corrected chi connectivity index (χ4v) is 5.36. The highest BCUT2D eigenvalue weighted by Gasteiger charge is 2.40. The molecule has 1 fully saturated rings. The fraction of sp³-hybridized carbons (Fsp3) is 0.136. The largest absolute Gasteiger partial charge is 0.336 e. The lowest BCUT2D eigenvalue weighted by Crippen LogP contribution is -2.56. The molecule has 1 saturated heterocycles. The molecular weight excluding hydrogens is 465 g/mol. The molecule has 0 aromatic heterocycles. The molecule has 0 radical (unpaired) electrons. The number of halogens is 3. The zero-order valence-electron chi connectivity index (χ0n) is 15.6. The molecular formula is C22H16Cl3NO3S. The van der Waals surface area contributed by atoms with Crippen LogP contribution in [0.4, 0.5) is 0 Å². The van der Waals surface area contributed by atoms with Gasteiger partial charge in [0.15, 0.2) is 9.84 Å². The van der Waals surface area contributed by atoms with E-state index in [9.17, 15) is 13.2 Å². The van der Waals surface area contributed by atoms with Crippen molar-refractivity contribution in [2.24, 2.45) is 0 Å². The van der Waals surface area contributed by atoms with Crippen LogP contribution in [0, 0.1) is 0 Å². The number of amides is 1. The van der Waals surface area contributed by atoms with Gasteiger partial charge in [-0.2, -0.15) is 0 Å². The van der Waals surface area contributed by atoms with E-state index >= 15 is 0 Å². The Bertz CT molecular complexity index is 1200. The van der Waals surface area contributed by atoms with E-state index in [1.807, 2.05) is 18.2 Å². The number of hydrogen-bond acceptors (Lipinski definition) is 3. The van der Waals surface area contributed by atoms with Crippen LogP contribution in [-0.4, -0.2) is 37.6 Å². The molecule has 1 aliphatic heterocycles. The summed E-state index contributed by atoms with van der Waals surface area (Å²) >= 11 is 17.8. The van der Waals surface area contributed by atoms with Crippen molar-refractivity contribution in [2.75, 3.05) is 13.1 Å². The first-order valence-corrected chi connectivity index (χ1v) is 11.8. The fourth-order valence-electron chi connectivity index (χ4n) is 3.28. The molecule has 4 rings (SSSR count). The summed E-state index contributed by atoms with van der Waals surface area (Å²) in [6.45, 7) is 0.330. The van der Waals surface area contributed by atoms with Crippen molar-refractivity contribution in [3.8, 4) is 11.1 Å². The summed E-state index contributed by atoms with van der Waals surface area (Å²) in [5, 5.41) is 0.803. The van der Waals surface area contributed by atoms with Crippen LogP contribution in [0.5, 0.6) is 0 Å². The first-order valence-electron chi connectivity index (χ1n) is 9.10. The van der Waals surface area contributed by atoms with Crippen LogP contribution in [-0.2, 0) is 9.84 Å². The van der Waals surface area contributed by atoms with Gasteiger partial charge in [0.1, 0.15) is 5.25 Å². The zero-order valence-corrected chi connectivity index (χ0v) is 18.6. The number of likely N-dealkylation sites (tertiary alicyclic amines) is 1. The van der Waals surface area contributed by atoms with Gasteiger partial charge in [-0.25, -0.2) is 8.42 Å². The Balaban J connectivity index is 1.43. The highest BCUT2D eigenvalue weighted by molar-refractivity contribution is 7.92. The van der Waals surface area contributed by atoms with Crippen molar-refractivity contribution in [3.05, 3.63) is 87.4 Å². The molecule has 1 heterocycles. The van der Waals surface area contributed by atoms with E-state index in [2.05, 4.69) is 0 Å². The van der Waals surface area contributed by atoms with Crippen LogP contribution in [0.25, 0.3) is 11.1 Å². The van der Waals surface area contributed by atoms with Gasteiger partial charge in [-0.3, -0.25) is 4.79 Å². The van der Waals surface area contributed by atoms with E-state index in [0.29, 0.717) is 20.6 Å². The summed E-state index contributed by atoms with van der Waals surface area (Å²) in [7, 11) is -3.49. The second-order valence-electron chi connectivity index (χ2n) is 7.04. The SMILES string of the molecule is O=C(c1ccc(-c2ccc(Cl)c(Cl)c2)cc1)N1CC(S(=O)(=O)c2ccc(Cl)cc2)C1. The normalized spacial score (nSPS) is 14.4. The van der Waals surface area contributed by atoms with Crippen molar-refractivity contribution >= 4 is 50.5 Å². The molecule has 0 atom stereocenters. The molecule has 0 saturated carbocycles. The summed E-state index contributed by atoms with van der Waals surface area (Å²) in [5.74, 6) is -0.196. The van der Waals surface area contributed by atoms with Gasteiger partial charge >= 0.3 is 0 Å². The maximum absolute atomic E-state index is 12.7. The van der Waals surface area contributed by atoms with Crippen molar-refractivity contribution in [1.82, 2.24) is 4.90 Å². The number of carbonyl (C=O) groups is 1. The van der Waals surface area contributed by atoms with Crippen LogP contribution in [0.15, 0.2) is 71.6 Å². The van der Waals surface area contributed by atoms with Crippen molar-refractivity contribution in [1.29, 1.82) is 0 Å². The Kier molecular flexibility index (Phi) is 5.82. The molecule has 154 valence electrons. The molecule has 1 aliphatic rings. The Morgan fingerprint density at radius 2 is 1.40 bits per heavy atom. The highest BCUT2D eigenvalue weighted by atomic mass is 35.5. The number of sulfone groups is 1. The van der Waals surface area contributed by atoms with Gasteiger partial charge in [-0.1, -0.05) is 53.0 Å². The lowest BCUT2D eigenvalue weighted by atomic mass is 10.0. The predicted molar refractivity (Wildman–Crippen MR) is 120 cm³/mol. The van der Waals surface area contributed by atoms with Gasteiger partial charge in [0.25, 0.3) is 5.91 Å². The maximum Gasteiger partial charge on any atom is 0.253 e. The molecule has 3 aromatic carbocycles. The number of carbonyl (C=O) groups excluding carboxylic acids is 1. The average Bonchev–Trinajstić information content (AvgIpc) is 2.69. The predicted octanol–water partition coefficient (Wildman–Crippen LogP) is 5.61. The average molecular weight is 481 g/mol. The van der Waals surface area contributed by atoms with Crippen LogP contribution in [0.2, 0.25) is 15.1 Å². The Hall–Kier alpha value is -2.05. The van der Waals surface area contributed by atoms with E-state index in [0.717, 1.165) is 11.1 Å². The minimum atomic E-state index is -3.49. The van der Waals surface area contributed by atoms with E-state index in [1.165, 1.54) is 17.0 Å². The van der Waals surface area contributed by atoms with Crippen molar-refractivity contribution < 1.29 is 13.2 Å². The molecule has 0 aliphatic carbocycles. The van der Waals surface area contributed by atoms with Crippen LogP contribution in [0.1, 0.15) is 10.4 Å². The number of rotatable bonds is 4. The monoisotopic (exact) mass is 479 g/mol. The topological polar surface area (TPSA) is 54.5 Å². The smallest absolute Gasteiger partial charge is 0.253 e. The molecule has 8 heteroatoms. The van der Waals surface area contributed by atoms with Crippen LogP contribution < -0.4 is 0 Å². The third-order valence-electron chi connectivity index (χ3n) is 5.10. The minimum Gasteiger partial charge on any atom is -0.336 e. The van der Waals surface area contributed by atoms with Crippen molar-refractivity contribution in [3.63, 3.8) is 0 Å². The molecule has 0 N–H and O–H groups in total. The third-order valence-corrected chi connectivity index (χ3v) is 8.20. The van der Waals surface area contributed by atoms with Gasteiger partial charge in [-0.05, 0) is 59.7 Å². The molecule has 0 spiro atoms. The number of nitrogens with zero attached hydrogens (tertiary/aromatic N) is 1. The quantitative estimate of drug-likeness (QED) is 0.487. The highest BCUT2D eigenvalue weighted by Crippen LogP contribution is 2.30. The lowest BCUT2D eigenvalue weighted by molar-refractivity contribution is 0.0659. The Labute approximate surface area is 189 Å². The standard InChI is InChI=1S/C22H16Cl3NO3S/c23-17-6-8-18(9-7-17)30(28,29)19-12-26(13-19)22(27)15-3-1-14(2-4-15)16-5-10-20(24)21(25)11-16/h1-11,19H,12-13H2. The lowest BCUT2D eigenvalue weighted by Gasteiger charge is -2.38. The third kappa shape index (κ3) is 4.08. The van der Waals surface area contributed by atoms with Gasteiger partial charge < -0.3 is 4.90 Å². The number of benzene rings is 3. The van der Waals surface area contributed by atoms with Crippen LogP contribution >= 0.6 is 34.8 Å². The van der Waals surface area contributed by atoms with Crippen LogP contribution in [0.3, 0.4) is 0 Å². The molecule has 0 unspecified atom stereocenters. The molecule has 0 bridgehead atoms.